The number of benzene rings is 1. The summed E-state index contributed by atoms with van der Waals surface area (Å²) in [5.74, 6) is 0. The van der Waals surface area contributed by atoms with Gasteiger partial charge in [-0.25, -0.2) is 0 Å². The lowest BCUT2D eigenvalue weighted by molar-refractivity contribution is -0.116. The second kappa shape index (κ2) is 5.63. The molecule has 0 radical (unpaired) electrons. The first-order valence-electron chi connectivity index (χ1n) is 4.99. The summed E-state index contributed by atoms with van der Waals surface area (Å²) in [4.78, 5) is 11.1. The van der Waals surface area contributed by atoms with Crippen molar-refractivity contribution in [2.45, 2.75) is 12.3 Å². The van der Waals surface area contributed by atoms with E-state index in [0.717, 1.165) is 11.8 Å². The van der Waals surface area contributed by atoms with Gasteiger partial charge in [0, 0.05) is 6.61 Å². The summed E-state index contributed by atoms with van der Waals surface area (Å²) in [6, 6.07) is 9.20. The van der Waals surface area contributed by atoms with Crippen LogP contribution in [0.1, 0.15) is 12.5 Å². The van der Waals surface area contributed by atoms with Gasteiger partial charge in [-0.2, -0.15) is 0 Å². The van der Waals surface area contributed by atoms with Gasteiger partial charge >= 0.3 is 0 Å². The summed E-state index contributed by atoms with van der Waals surface area (Å²) in [7, 11) is 0. The summed E-state index contributed by atoms with van der Waals surface area (Å²) >= 11 is 0. The number of hydrogen-bond donors (Lipinski definition) is 1. The van der Waals surface area contributed by atoms with Crippen LogP contribution in [0.3, 0.4) is 0 Å². The predicted molar refractivity (Wildman–Crippen MR) is 57.8 cm³/mol. The van der Waals surface area contributed by atoms with Crippen LogP contribution in [0.4, 0.5) is 0 Å². The van der Waals surface area contributed by atoms with Crippen LogP contribution in [-0.4, -0.2) is 31.2 Å². The number of hydrogen-bond acceptors (Lipinski definition) is 3. The minimum absolute atomic E-state index is 0.216. The normalized spacial score (nSPS) is 14.5. The number of aldehydes is 1. The molecule has 1 unspecified atom stereocenters. The number of rotatable bonds is 6. The molecule has 0 aliphatic carbocycles. The molecule has 3 heteroatoms. The zero-order valence-electron chi connectivity index (χ0n) is 8.85. The third kappa shape index (κ3) is 2.64. The predicted octanol–water partition coefficient (Wildman–Crippen LogP) is 1.15. The molecular formula is C12H16O3. The fourth-order valence-corrected chi connectivity index (χ4v) is 1.41. The van der Waals surface area contributed by atoms with Gasteiger partial charge in [0.25, 0.3) is 0 Å². The summed E-state index contributed by atoms with van der Waals surface area (Å²) in [5.41, 5.74) is -0.131. The van der Waals surface area contributed by atoms with Crippen LogP contribution in [0.25, 0.3) is 0 Å². The summed E-state index contributed by atoms with van der Waals surface area (Å²) in [6.45, 7) is 2.37. The molecule has 0 amide bonds. The molecule has 0 saturated heterocycles. The largest absolute Gasteiger partial charge is 0.395 e. The topological polar surface area (TPSA) is 46.5 Å². The first-order valence-corrected chi connectivity index (χ1v) is 4.99. The second-order valence-corrected chi connectivity index (χ2v) is 3.44. The quantitative estimate of drug-likeness (QED) is 0.713. The minimum Gasteiger partial charge on any atom is -0.395 e. The molecule has 0 aromatic heterocycles. The number of carbonyl (C=O) groups excluding carboxylic acids is 1. The number of carbonyl (C=O) groups is 1. The van der Waals surface area contributed by atoms with Crippen LogP contribution in [0.2, 0.25) is 0 Å². The van der Waals surface area contributed by atoms with Crippen molar-refractivity contribution in [3.8, 4) is 0 Å². The molecule has 1 N–H and O–H groups in total. The molecule has 0 aliphatic heterocycles. The summed E-state index contributed by atoms with van der Waals surface area (Å²) in [5, 5.41) is 9.35. The molecule has 1 aromatic carbocycles. The maximum Gasteiger partial charge on any atom is 0.135 e. The van der Waals surface area contributed by atoms with Gasteiger partial charge < -0.3 is 14.6 Å². The van der Waals surface area contributed by atoms with Gasteiger partial charge in [0.15, 0.2) is 0 Å². The number of aliphatic hydroxyl groups excluding tert-OH is 1. The molecule has 0 saturated carbocycles. The van der Waals surface area contributed by atoms with Gasteiger partial charge in [0.1, 0.15) is 6.29 Å². The van der Waals surface area contributed by atoms with Gasteiger partial charge in [-0.3, -0.25) is 0 Å². The lowest BCUT2D eigenvalue weighted by Gasteiger charge is -2.25. The molecule has 1 aromatic rings. The van der Waals surface area contributed by atoms with E-state index in [4.69, 9.17) is 4.74 Å². The average Bonchev–Trinajstić information content (AvgIpc) is 2.33. The van der Waals surface area contributed by atoms with E-state index in [1.807, 2.05) is 37.3 Å². The maximum atomic E-state index is 11.1. The number of aliphatic hydroxyl groups is 1. The molecule has 15 heavy (non-hydrogen) atoms. The first kappa shape index (κ1) is 11.9. The van der Waals surface area contributed by atoms with E-state index in [2.05, 4.69) is 0 Å². The standard InChI is InChI=1S/C12H16O3/c1-2-15-10-12(8-13,9-14)11-6-4-3-5-7-11/h3-8,14H,2,9-10H2,1H3. The molecule has 0 heterocycles. The van der Waals surface area contributed by atoms with Gasteiger partial charge in [0.05, 0.1) is 18.6 Å². The van der Waals surface area contributed by atoms with E-state index in [0.29, 0.717) is 6.61 Å². The summed E-state index contributed by atoms with van der Waals surface area (Å²) < 4.78 is 5.24. The van der Waals surface area contributed by atoms with E-state index in [9.17, 15) is 9.90 Å². The minimum atomic E-state index is -0.919. The molecule has 0 spiro atoms. The van der Waals surface area contributed by atoms with Crippen LogP contribution in [0.15, 0.2) is 30.3 Å². The Kier molecular flexibility index (Phi) is 4.46. The molecule has 3 nitrogen and oxygen atoms in total. The SMILES string of the molecule is CCOCC(C=O)(CO)c1ccccc1. The Morgan fingerprint density at radius 1 is 1.40 bits per heavy atom. The van der Waals surface area contributed by atoms with Gasteiger partial charge in [-0.15, -0.1) is 0 Å². The van der Waals surface area contributed by atoms with Gasteiger partial charge in [-0.05, 0) is 12.5 Å². The maximum absolute atomic E-state index is 11.1. The Labute approximate surface area is 89.7 Å². The fraction of sp³-hybridized carbons (Fsp3) is 0.417. The van der Waals surface area contributed by atoms with Crippen molar-refractivity contribution in [2.24, 2.45) is 0 Å². The molecule has 1 atom stereocenters. The molecular weight excluding hydrogens is 192 g/mol. The lowest BCUT2D eigenvalue weighted by atomic mass is 9.83. The van der Waals surface area contributed by atoms with E-state index in [-0.39, 0.29) is 13.2 Å². The highest BCUT2D eigenvalue weighted by Crippen LogP contribution is 2.21. The van der Waals surface area contributed by atoms with Crippen molar-refractivity contribution >= 4 is 6.29 Å². The van der Waals surface area contributed by atoms with Crippen LogP contribution < -0.4 is 0 Å². The van der Waals surface area contributed by atoms with Crippen molar-refractivity contribution in [1.29, 1.82) is 0 Å². The highest BCUT2D eigenvalue weighted by molar-refractivity contribution is 5.69. The Morgan fingerprint density at radius 2 is 2.07 bits per heavy atom. The monoisotopic (exact) mass is 208 g/mol. The fourth-order valence-electron chi connectivity index (χ4n) is 1.41. The number of ether oxygens (including phenoxy) is 1. The van der Waals surface area contributed by atoms with E-state index in [1.54, 1.807) is 0 Å². The highest BCUT2D eigenvalue weighted by atomic mass is 16.5. The summed E-state index contributed by atoms with van der Waals surface area (Å²) in [6.07, 6.45) is 0.762. The Bertz CT molecular complexity index is 297. The Balaban J connectivity index is 2.94. The van der Waals surface area contributed by atoms with Crippen LogP contribution in [-0.2, 0) is 14.9 Å². The highest BCUT2D eigenvalue weighted by Gasteiger charge is 2.31. The van der Waals surface area contributed by atoms with Gasteiger partial charge in [-0.1, -0.05) is 30.3 Å². The van der Waals surface area contributed by atoms with E-state index in [1.165, 1.54) is 0 Å². The van der Waals surface area contributed by atoms with Crippen molar-refractivity contribution in [2.75, 3.05) is 19.8 Å². The van der Waals surface area contributed by atoms with E-state index >= 15 is 0 Å². The van der Waals surface area contributed by atoms with Crippen molar-refractivity contribution in [3.05, 3.63) is 35.9 Å². The van der Waals surface area contributed by atoms with Crippen molar-refractivity contribution < 1.29 is 14.6 Å². The second-order valence-electron chi connectivity index (χ2n) is 3.44. The lowest BCUT2D eigenvalue weighted by Crippen LogP contribution is -2.37. The zero-order chi connectivity index (χ0) is 11.1. The molecule has 82 valence electrons. The Morgan fingerprint density at radius 3 is 2.53 bits per heavy atom. The van der Waals surface area contributed by atoms with Crippen molar-refractivity contribution in [3.63, 3.8) is 0 Å². The van der Waals surface area contributed by atoms with E-state index < -0.39 is 5.41 Å². The third-order valence-corrected chi connectivity index (χ3v) is 2.42. The van der Waals surface area contributed by atoms with Gasteiger partial charge in [0.2, 0.25) is 0 Å². The smallest absolute Gasteiger partial charge is 0.135 e. The molecule has 0 fully saturated rings. The molecule has 1 rings (SSSR count). The van der Waals surface area contributed by atoms with Crippen molar-refractivity contribution in [1.82, 2.24) is 0 Å². The first-order chi connectivity index (χ1) is 7.29. The zero-order valence-corrected chi connectivity index (χ0v) is 8.85. The third-order valence-electron chi connectivity index (χ3n) is 2.42. The average molecular weight is 208 g/mol. The van der Waals surface area contributed by atoms with Crippen LogP contribution in [0.5, 0.6) is 0 Å². The molecule has 0 bridgehead atoms. The molecule has 0 aliphatic rings. The van der Waals surface area contributed by atoms with Crippen LogP contribution >= 0.6 is 0 Å². The van der Waals surface area contributed by atoms with Crippen LogP contribution in [0, 0.1) is 0 Å². The Hall–Kier alpha value is -1.19.